The second-order valence-electron chi connectivity index (χ2n) is 6.46. The van der Waals surface area contributed by atoms with Crippen molar-refractivity contribution in [2.75, 3.05) is 19.5 Å². The van der Waals surface area contributed by atoms with E-state index in [0.717, 1.165) is 10.9 Å². The van der Waals surface area contributed by atoms with Crippen LogP contribution < -0.4 is 14.8 Å². The number of fused-ring (bicyclic) bond motifs is 1. The Morgan fingerprint density at radius 1 is 0.967 bits per heavy atom. The smallest absolute Gasteiger partial charge is 0.257 e. The van der Waals surface area contributed by atoms with Crippen LogP contribution in [0.15, 0.2) is 66.9 Å². The zero-order valence-corrected chi connectivity index (χ0v) is 17.1. The Morgan fingerprint density at radius 3 is 2.50 bits per heavy atom. The summed E-state index contributed by atoms with van der Waals surface area (Å²) in [7, 11) is 3.16. The zero-order chi connectivity index (χ0) is 21.1. The molecule has 0 saturated carbocycles. The number of anilines is 1. The van der Waals surface area contributed by atoms with E-state index in [1.54, 1.807) is 32.4 Å². The number of hydrogen-bond donors (Lipinski definition) is 1. The van der Waals surface area contributed by atoms with Crippen molar-refractivity contribution in [3.05, 3.63) is 77.4 Å². The molecule has 1 N–H and O–H groups in total. The van der Waals surface area contributed by atoms with Crippen molar-refractivity contribution in [1.82, 2.24) is 9.97 Å². The number of carbonyl (C=O) groups excluding carboxylic acids is 1. The number of hydrogen-bond acceptors (Lipinski definition) is 5. The van der Waals surface area contributed by atoms with E-state index in [0.29, 0.717) is 39.1 Å². The molecule has 30 heavy (non-hydrogen) atoms. The molecule has 0 bridgehead atoms. The predicted octanol–water partition coefficient (Wildman–Crippen LogP) is 5.22. The lowest BCUT2D eigenvalue weighted by Gasteiger charge is -2.12. The molecule has 2 aromatic carbocycles. The lowest BCUT2D eigenvalue weighted by molar-refractivity contribution is 0.102. The normalized spacial score (nSPS) is 10.6. The largest absolute Gasteiger partial charge is 0.493 e. The van der Waals surface area contributed by atoms with E-state index in [1.165, 1.54) is 6.20 Å². The number of methoxy groups -OCH3 is 2. The number of carbonyl (C=O) groups is 1. The average molecular weight is 420 g/mol. The molecule has 0 spiro atoms. The Kier molecular flexibility index (Phi) is 5.50. The molecule has 0 aliphatic rings. The summed E-state index contributed by atoms with van der Waals surface area (Å²) < 4.78 is 10.7. The standard InChI is InChI=1S/C23H18ClN3O3/c1-29-20-9-7-14(11-21(20)30-2)19-12-17(16-5-3-4-6-18(16)26-19)23(28)27-22-10-8-15(24)13-25-22/h3-13H,1-2H3,(H,25,27,28). The molecule has 2 aromatic heterocycles. The summed E-state index contributed by atoms with van der Waals surface area (Å²) >= 11 is 5.88. The Bertz CT molecular complexity index is 1230. The summed E-state index contributed by atoms with van der Waals surface area (Å²) in [5.41, 5.74) is 2.64. The van der Waals surface area contributed by atoms with Crippen LogP contribution >= 0.6 is 11.6 Å². The van der Waals surface area contributed by atoms with Crippen LogP contribution in [0, 0.1) is 0 Å². The fourth-order valence-electron chi connectivity index (χ4n) is 3.14. The molecule has 6 nitrogen and oxygen atoms in total. The third-order valence-corrected chi connectivity index (χ3v) is 4.83. The summed E-state index contributed by atoms with van der Waals surface area (Å²) in [4.78, 5) is 21.9. The number of rotatable bonds is 5. The fourth-order valence-corrected chi connectivity index (χ4v) is 3.25. The number of amides is 1. The number of benzene rings is 2. The number of aromatic nitrogens is 2. The third-order valence-electron chi connectivity index (χ3n) is 4.61. The number of para-hydroxylation sites is 1. The number of nitrogens with one attached hydrogen (secondary N) is 1. The summed E-state index contributed by atoms with van der Waals surface area (Å²) in [5.74, 6) is 1.33. The van der Waals surface area contributed by atoms with Gasteiger partial charge >= 0.3 is 0 Å². The van der Waals surface area contributed by atoms with Crippen molar-refractivity contribution in [2.24, 2.45) is 0 Å². The van der Waals surface area contributed by atoms with E-state index < -0.39 is 0 Å². The molecule has 0 saturated heterocycles. The first-order valence-corrected chi connectivity index (χ1v) is 9.52. The first-order chi connectivity index (χ1) is 14.6. The summed E-state index contributed by atoms with van der Waals surface area (Å²) in [6.45, 7) is 0. The summed E-state index contributed by atoms with van der Waals surface area (Å²) in [6, 6.07) is 18.1. The van der Waals surface area contributed by atoms with Crippen LogP contribution in [0.5, 0.6) is 11.5 Å². The van der Waals surface area contributed by atoms with Gasteiger partial charge in [-0.3, -0.25) is 4.79 Å². The highest BCUT2D eigenvalue weighted by atomic mass is 35.5. The van der Waals surface area contributed by atoms with E-state index in [2.05, 4.69) is 10.3 Å². The van der Waals surface area contributed by atoms with Crippen molar-refractivity contribution >= 4 is 34.2 Å². The van der Waals surface area contributed by atoms with Crippen molar-refractivity contribution < 1.29 is 14.3 Å². The molecule has 150 valence electrons. The minimum absolute atomic E-state index is 0.287. The maximum Gasteiger partial charge on any atom is 0.257 e. The van der Waals surface area contributed by atoms with Crippen LogP contribution in [0.2, 0.25) is 5.02 Å². The maximum absolute atomic E-state index is 13.1. The Morgan fingerprint density at radius 2 is 1.77 bits per heavy atom. The first-order valence-electron chi connectivity index (χ1n) is 9.14. The molecule has 7 heteroatoms. The number of nitrogens with zero attached hydrogens (tertiary/aromatic N) is 2. The fraction of sp³-hybridized carbons (Fsp3) is 0.0870. The van der Waals surface area contributed by atoms with Crippen molar-refractivity contribution in [3.8, 4) is 22.8 Å². The van der Waals surface area contributed by atoms with E-state index in [9.17, 15) is 4.79 Å². The van der Waals surface area contributed by atoms with Crippen molar-refractivity contribution in [3.63, 3.8) is 0 Å². The molecule has 0 unspecified atom stereocenters. The maximum atomic E-state index is 13.1. The molecule has 1 amide bonds. The molecule has 0 aliphatic heterocycles. The van der Waals surface area contributed by atoms with Crippen LogP contribution in [0.25, 0.3) is 22.2 Å². The van der Waals surface area contributed by atoms with Crippen molar-refractivity contribution in [1.29, 1.82) is 0 Å². The second-order valence-corrected chi connectivity index (χ2v) is 6.89. The predicted molar refractivity (Wildman–Crippen MR) is 117 cm³/mol. The van der Waals surface area contributed by atoms with Crippen LogP contribution in [-0.2, 0) is 0 Å². The number of pyridine rings is 2. The first kappa shape index (κ1) is 19.7. The molecule has 4 aromatic rings. The van der Waals surface area contributed by atoms with Gasteiger partial charge in [-0.2, -0.15) is 0 Å². The van der Waals surface area contributed by atoms with Gasteiger partial charge in [-0.05, 0) is 42.5 Å². The van der Waals surface area contributed by atoms with Crippen molar-refractivity contribution in [2.45, 2.75) is 0 Å². The lowest BCUT2D eigenvalue weighted by Crippen LogP contribution is -2.14. The molecule has 2 heterocycles. The van der Waals surface area contributed by atoms with E-state index in [4.69, 9.17) is 26.1 Å². The van der Waals surface area contributed by atoms with E-state index in [-0.39, 0.29) is 5.91 Å². The van der Waals surface area contributed by atoms with Crippen LogP contribution in [0.1, 0.15) is 10.4 Å². The quantitative estimate of drug-likeness (QED) is 0.480. The SMILES string of the molecule is COc1ccc(-c2cc(C(=O)Nc3ccc(Cl)cn3)c3ccccc3n2)cc1OC. The van der Waals surface area contributed by atoms with E-state index >= 15 is 0 Å². The topological polar surface area (TPSA) is 73.3 Å². The van der Waals surface area contributed by atoms with Gasteiger partial charge in [0.05, 0.1) is 36.0 Å². The highest BCUT2D eigenvalue weighted by molar-refractivity contribution is 6.30. The number of ether oxygens (including phenoxy) is 2. The third kappa shape index (κ3) is 3.90. The number of halogens is 1. The van der Waals surface area contributed by atoms with Gasteiger partial charge in [0.25, 0.3) is 5.91 Å². The summed E-state index contributed by atoms with van der Waals surface area (Å²) in [5, 5.41) is 4.06. The average Bonchev–Trinajstić information content (AvgIpc) is 2.79. The minimum atomic E-state index is -0.287. The highest BCUT2D eigenvalue weighted by Gasteiger charge is 2.16. The Hall–Kier alpha value is -3.64. The molecule has 4 rings (SSSR count). The molecule has 0 atom stereocenters. The van der Waals surface area contributed by atoms with Gasteiger partial charge in [-0.1, -0.05) is 29.8 Å². The van der Waals surface area contributed by atoms with Gasteiger partial charge < -0.3 is 14.8 Å². The van der Waals surface area contributed by atoms with Gasteiger partial charge in [-0.15, -0.1) is 0 Å². The van der Waals surface area contributed by atoms with Gasteiger partial charge in [0, 0.05) is 17.1 Å². The lowest BCUT2D eigenvalue weighted by atomic mass is 10.0. The van der Waals surface area contributed by atoms with E-state index in [1.807, 2.05) is 42.5 Å². The van der Waals surface area contributed by atoms with Gasteiger partial charge in [0.2, 0.25) is 0 Å². The Labute approximate surface area is 178 Å². The van der Waals surface area contributed by atoms with Crippen LogP contribution in [-0.4, -0.2) is 30.1 Å². The monoisotopic (exact) mass is 419 g/mol. The minimum Gasteiger partial charge on any atom is -0.493 e. The van der Waals surface area contributed by atoms with Crippen LogP contribution in [0.3, 0.4) is 0 Å². The highest BCUT2D eigenvalue weighted by Crippen LogP contribution is 2.33. The molecule has 0 fully saturated rings. The molecule has 0 radical (unpaired) electrons. The molecule has 0 aliphatic carbocycles. The molecular weight excluding hydrogens is 402 g/mol. The zero-order valence-electron chi connectivity index (χ0n) is 16.3. The second kappa shape index (κ2) is 8.39. The van der Waals surface area contributed by atoms with Gasteiger partial charge in [-0.25, -0.2) is 9.97 Å². The van der Waals surface area contributed by atoms with Gasteiger partial charge in [0.1, 0.15) is 5.82 Å². The van der Waals surface area contributed by atoms with Gasteiger partial charge in [0.15, 0.2) is 11.5 Å². The molecular formula is C23H18ClN3O3. The summed E-state index contributed by atoms with van der Waals surface area (Å²) in [6.07, 6.45) is 1.48. The Balaban J connectivity index is 1.80. The van der Waals surface area contributed by atoms with Crippen LogP contribution in [0.4, 0.5) is 5.82 Å².